The molecule has 4 aliphatic rings. The van der Waals surface area contributed by atoms with Crippen molar-refractivity contribution in [2.45, 2.75) is 103 Å². The summed E-state index contributed by atoms with van der Waals surface area (Å²) < 4.78 is 23.0. The van der Waals surface area contributed by atoms with E-state index in [4.69, 9.17) is 18.9 Å². The Morgan fingerprint density at radius 3 is 2.63 bits per heavy atom. The Morgan fingerprint density at radius 1 is 1.20 bits per heavy atom. The van der Waals surface area contributed by atoms with Crippen LogP contribution in [0.2, 0.25) is 0 Å². The zero-order valence-electron chi connectivity index (χ0n) is 25.1. The molecule has 4 heterocycles. The van der Waals surface area contributed by atoms with Crippen LogP contribution in [0.25, 0.3) is 0 Å². The third-order valence-corrected chi connectivity index (χ3v) is 9.11. The summed E-state index contributed by atoms with van der Waals surface area (Å²) in [7, 11) is 0. The van der Waals surface area contributed by atoms with E-state index in [1.807, 2.05) is 26.0 Å². The fourth-order valence-electron chi connectivity index (χ4n) is 6.07. The molecule has 9 heteroatoms. The second kappa shape index (κ2) is 13.8. The number of aliphatic hydroxyl groups is 1. The lowest BCUT2D eigenvalue weighted by atomic mass is 9.81. The molecule has 1 unspecified atom stereocenters. The Balaban J connectivity index is 1.18. The van der Waals surface area contributed by atoms with Crippen molar-refractivity contribution < 1.29 is 38.4 Å². The minimum Gasteiger partial charge on any atom is -0.442 e. The average Bonchev–Trinajstić information content (AvgIpc) is 3.51. The number of hydrogen-bond acceptors (Lipinski definition) is 8. The molecule has 4 fully saturated rings. The first-order chi connectivity index (χ1) is 19.5. The SMILES string of the molecule is CC(=O)[C@H]1CCN(C(=O)O[C@@H](C)/C=C\C(=O)C[C@@H]2C[C@H](C)[C@H](C/C=C(C)/C=C/C3OCC[C@@]4(CO4)[C@@H]3O)O[C@@H]2C)C1. The summed E-state index contributed by atoms with van der Waals surface area (Å²) in [6.45, 7) is 11.6. The number of hydrogen-bond donors (Lipinski definition) is 1. The van der Waals surface area contributed by atoms with E-state index in [1.165, 1.54) is 6.08 Å². The zero-order valence-corrected chi connectivity index (χ0v) is 25.1. The van der Waals surface area contributed by atoms with Crippen LogP contribution >= 0.6 is 0 Å². The number of ketones is 2. The maximum absolute atomic E-state index is 12.7. The number of Topliss-reactive ketones (excluding diaryl/α,β-unsaturated/α-hetero) is 1. The number of carbonyl (C=O) groups is 3. The van der Waals surface area contributed by atoms with Gasteiger partial charge in [-0.25, -0.2) is 4.79 Å². The minimum absolute atomic E-state index is 0.0109. The van der Waals surface area contributed by atoms with Gasteiger partial charge in [0.1, 0.15) is 29.7 Å². The number of aliphatic hydroxyl groups excluding tert-OH is 1. The number of amides is 1. The van der Waals surface area contributed by atoms with E-state index < -0.39 is 23.9 Å². The molecule has 0 bridgehead atoms. The number of rotatable bonds is 10. The molecule has 0 aromatic carbocycles. The van der Waals surface area contributed by atoms with E-state index in [0.29, 0.717) is 45.1 Å². The lowest BCUT2D eigenvalue weighted by Gasteiger charge is -2.38. The van der Waals surface area contributed by atoms with Crippen molar-refractivity contribution in [1.82, 2.24) is 4.90 Å². The third kappa shape index (κ3) is 8.37. The number of carbonyl (C=O) groups excluding carboxylic acids is 3. The predicted octanol–water partition coefficient (Wildman–Crippen LogP) is 4.18. The van der Waals surface area contributed by atoms with Gasteiger partial charge < -0.3 is 29.0 Å². The number of likely N-dealkylation sites (tertiary alicyclic amines) is 1. The maximum atomic E-state index is 12.7. The molecule has 9 nitrogen and oxygen atoms in total. The lowest BCUT2D eigenvalue weighted by Crippen LogP contribution is -2.46. The van der Waals surface area contributed by atoms with E-state index in [-0.39, 0.29) is 41.7 Å². The number of epoxide rings is 1. The number of allylic oxidation sites excluding steroid dienone is 3. The summed E-state index contributed by atoms with van der Waals surface area (Å²) in [6.07, 6.45) is 10.7. The van der Waals surface area contributed by atoms with Crippen LogP contribution in [-0.4, -0.2) is 90.1 Å². The molecule has 1 N–H and O–H groups in total. The standard InChI is InChI=1S/C32H47NO8/c1-20(7-11-29-30(36)32(19-39-32)13-15-38-29)6-10-28-21(2)16-26(24(5)41-28)17-27(35)9-8-22(3)40-31(37)33-14-12-25(18-33)23(4)34/h6-9,11,21-22,24-26,28-30,36H,10,12-19H2,1-5H3/b9-8-,11-7+,20-6+/t21-,22-,24+,25-,26-,28-,29?,30+,32+/m0/s1. The molecule has 41 heavy (non-hydrogen) atoms. The van der Waals surface area contributed by atoms with Crippen LogP contribution in [0, 0.1) is 17.8 Å². The van der Waals surface area contributed by atoms with Crippen LogP contribution in [-0.2, 0) is 28.5 Å². The summed E-state index contributed by atoms with van der Waals surface area (Å²) in [6, 6.07) is 0. The number of ether oxygens (including phenoxy) is 4. The van der Waals surface area contributed by atoms with Crippen LogP contribution in [0.4, 0.5) is 4.79 Å². The van der Waals surface area contributed by atoms with Crippen molar-refractivity contribution in [2.24, 2.45) is 17.8 Å². The molecule has 0 aromatic heterocycles. The largest absolute Gasteiger partial charge is 0.442 e. The summed E-state index contributed by atoms with van der Waals surface area (Å²) in [4.78, 5) is 38.2. The van der Waals surface area contributed by atoms with Crippen molar-refractivity contribution in [3.05, 3.63) is 36.0 Å². The molecule has 9 atom stereocenters. The first-order valence-electron chi connectivity index (χ1n) is 15.1. The van der Waals surface area contributed by atoms with E-state index in [2.05, 4.69) is 13.0 Å². The van der Waals surface area contributed by atoms with Gasteiger partial charge in [-0.15, -0.1) is 0 Å². The second-order valence-electron chi connectivity index (χ2n) is 12.4. The topological polar surface area (TPSA) is 115 Å². The van der Waals surface area contributed by atoms with E-state index >= 15 is 0 Å². The molecule has 0 saturated carbocycles. The smallest absolute Gasteiger partial charge is 0.410 e. The van der Waals surface area contributed by atoms with Gasteiger partial charge >= 0.3 is 6.09 Å². The van der Waals surface area contributed by atoms with Gasteiger partial charge in [-0.05, 0) is 70.9 Å². The normalized spacial score (nSPS) is 36.7. The summed E-state index contributed by atoms with van der Waals surface area (Å²) in [5.41, 5.74) is 0.682. The minimum atomic E-state index is -0.632. The van der Waals surface area contributed by atoms with E-state index in [1.54, 1.807) is 24.8 Å². The summed E-state index contributed by atoms with van der Waals surface area (Å²) in [5.74, 6) is 0.388. The highest BCUT2D eigenvalue weighted by Crippen LogP contribution is 2.40. The first-order valence-corrected chi connectivity index (χ1v) is 15.1. The van der Waals surface area contributed by atoms with Gasteiger partial charge in [0.15, 0.2) is 5.78 Å². The fraction of sp³-hybridized carbons (Fsp3) is 0.719. The van der Waals surface area contributed by atoms with Crippen LogP contribution in [0.3, 0.4) is 0 Å². The molecular weight excluding hydrogens is 526 g/mol. The van der Waals surface area contributed by atoms with Crippen molar-refractivity contribution >= 4 is 17.7 Å². The van der Waals surface area contributed by atoms with Gasteiger partial charge in [0.2, 0.25) is 0 Å². The Labute approximate surface area is 243 Å². The van der Waals surface area contributed by atoms with E-state index in [0.717, 1.165) is 24.8 Å². The Kier molecular flexibility index (Phi) is 10.6. The van der Waals surface area contributed by atoms with Gasteiger partial charge in [-0.2, -0.15) is 0 Å². The van der Waals surface area contributed by atoms with Crippen molar-refractivity contribution in [2.75, 3.05) is 26.3 Å². The summed E-state index contributed by atoms with van der Waals surface area (Å²) in [5, 5.41) is 10.5. The molecule has 4 aliphatic heterocycles. The fourth-order valence-corrected chi connectivity index (χ4v) is 6.07. The van der Waals surface area contributed by atoms with Crippen LogP contribution in [0.5, 0.6) is 0 Å². The first kappa shape index (κ1) is 31.6. The quantitative estimate of drug-likeness (QED) is 0.235. The van der Waals surface area contributed by atoms with Gasteiger partial charge in [0.05, 0.1) is 25.4 Å². The van der Waals surface area contributed by atoms with Gasteiger partial charge in [0, 0.05) is 31.8 Å². The third-order valence-electron chi connectivity index (χ3n) is 9.11. The molecule has 1 amide bonds. The van der Waals surface area contributed by atoms with Gasteiger partial charge in [-0.1, -0.05) is 30.7 Å². The average molecular weight is 574 g/mol. The van der Waals surface area contributed by atoms with Crippen LogP contribution in [0.15, 0.2) is 36.0 Å². The molecule has 1 spiro atoms. The monoisotopic (exact) mass is 573 g/mol. The maximum Gasteiger partial charge on any atom is 0.410 e. The molecule has 4 saturated heterocycles. The molecule has 4 rings (SSSR count). The predicted molar refractivity (Wildman–Crippen MR) is 153 cm³/mol. The van der Waals surface area contributed by atoms with Crippen molar-refractivity contribution in [1.29, 1.82) is 0 Å². The summed E-state index contributed by atoms with van der Waals surface area (Å²) >= 11 is 0. The highest BCUT2D eigenvalue weighted by Gasteiger charge is 2.55. The van der Waals surface area contributed by atoms with Gasteiger partial charge in [0.25, 0.3) is 0 Å². The molecule has 0 aliphatic carbocycles. The molecule has 0 radical (unpaired) electrons. The Hall–Kier alpha value is -2.33. The van der Waals surface area contributed by atoms with Crippen molar-refractivity contribution in [3.8, 4) is 0 Å². The molecule has 228 valence electrons. The highest BCUT2D eigenvalue weighted by atomic mass is 16.6. The highest BCUT2D eigenvalue weighted by molar-refractivity contribution is 5.90. The zero-order chi connectivity index (χ0) is 29.7. The van der Waals surface area contributed by atoms with Gasteiger partial charge in [-0.3, -0.25) is 9.59 Å². The van der Waals surface area contributed by atoms with Crippen LogP contribution < -0.4 is 0 Å². The second-order valence-corrected chi connectivity index (χ2v) is 12.4. The molecular formula is C32H47NO8. The Morgan fingerprint density at radius 2 is 1.95 bits per heavy atom. The molecule has 0 aromatic rings. The lowest BCUT2D eigenvalue weighted by molar-refractivity contribution is -0.125. The van der Waals surface area contributed by atoms with Crippen LogP contribution in [0.1, 0.15) is 66.7 Å². The van der Waals surface area contributed by atoms with E-state index in [9.17, 15) is 19.5 Å². The van der Waals surface area contributed by atoms with Crippen molar-refractivity contribution in [3.63, 3.8) is 0 Å². The number of nitrogens with zero attached hydrogens (tertiary/aromatic N) is 1. The Bertz CT molecular complexity index is 1050.